The molecular formula is C16H21N5O2. The van der Waals surface area contributed by atoms with Gasteiger partial charge in [-0.1, -0.05) is 18.1 Å². The first-order valence-electron chi connectivity index (χ1n) is 7.83. The third-order valence-electron chi connectivity index (χ3n) is 4.24. The van der Waals surface area contributed by atoms with Gasteiger partial charge in [0, 0.05) is 25.8 Å². The van der Waals surface area contributed by atoms with Crippen LogP contribution in [0.4, 0.5) is 0 Å². The Labute approximate surface area is 135 Å². The van der Waals surface area contributed by atoms with Gasteiger partial charge in [0.1, 0.15) is 11.7 Å². The Kier molecular flexibility index (Phi) is 4.38. The predicted molar refractivity (Wildman–Crippen MR) is 83.9 cm³/mol. The zero-order valence-electron chi connectivity index (χ0n) is 13.7. The molecule has 1 aliphatic rings. The van der Waals surface area contributed by atoms with Gasteiger partial charge in [0.05, 0.1) is 0 Å². The van der Waals surface area contributed by atoms with E-state index in [-0.39, 0.29) is 11.9 Å². The molecule has 7 nitrogen and oxygen atoms in total. The fourth-order valence-corrected chi connectivity index (χ4v) is 2.84. The first-order chi connectivity index (χ1) is 11.1. The van der Waals surface area contributed by atoms with Gasteiger partial charge in [0.25, 0.3) is 5.91 Å². The summed E-state index contributed by atoms with van der Waals surface area (Å²) >= 11 is 0. The van der Waals surface area contributed by atoms with Crippen molar-refractivity contribution in [3.63, 3.8) is 0 Å². The van der Waals surface area contributed by atoms with Gasteiger partial charge in [-0.25, -0.2) is 0 Å². The second-order valence-electron chi connectivity index (χ2n) is 5.79. The zero-order chi connectivity index (χ0) is 16.4. The molecule has 0 aliphatic carbocycles. The number of aryl methyl sites for hydroxylation is 2. The second kappa shape index (κ2) is 6.45. The van der Waals surface area contributed by atoms with Gasteiger partial charge < -0.3 is 9.42 Å². The molecular weight excluding hydrogens is 294 g/mol. The van der Waals surface area contributed by atoms with Crippen molar-refractivity contribution in [1.29, 1.82) is 0 Å². The molecule has 0 aromatic carbocycles. The Morgan fingerprint density at radius 1 is 1.43 bits per heavy atom. The van der Waals surface area contributed by atoms with Crippen molar-refractivity contribution >= 4 is 5.91 Å². The molecule has 3 rings (SSSR count). The van der Waals surface area contributed by atoms with Crippen LogP contribution in [-0.2, 0) is 6.42 Å². The van der Waals surface area contributed by atoms with E-state index in [1.807, 2.05) is 31.0 Å². The fraction of sp³-hybridized carbons (Fsp3) is 0.500. The van der Waals surface area contributed by atoms with Gasteiger partial charge in [-0.15, -0.1) is 0 Å². The monoisotopic (exact) mass is 315 g/mol. The van der Waals surface area contributed by atoms with Gasteiger partial charge in [-0.2, -0.15) is 4.98 Å². The van der Waals surface area contributed by atoms with E-state index < -0.39 is 0 Å². The highest BCUT2D eigenvalue weighted by Gasteiger charge is 2.33. The Balaban J connectivity index is 1.82. The van der Waals surface area contributed by atoms with Crippen LogP contribution >= 0.6 is 0 Å². The predicted octanol–water partition coefficient (Wildman–Crippen LogP) is 1.46. The van der Waals surface area contributed by atoms with Crippen LogP contribution in [0.1, 0.15) is 40.7 Å². The van der Waals surface area contributed by atoms with Crippen molar-refractivity contribution in [3.05, 3.63) is 41.3 Å². The number of nitrogens with zero attached hydrogens (tertiary/aromatic N) is 5. The highest BCUT2D eigenvalue weighted by Crippen LogP contribution is 2.24. The van der Waals surface area contributed by atoms with Crippen LogP contribution in [0.25, 0.3) is 0 Å². The summed E-state index contributed by atoms with van der Waals surface area (Å²) in [5.74, 6) is 1.13. The molecule has 0 N–H and O–H groups in total. The molecule has 0 bridgehead atoms. The molecule has 1 aliphatic heterocycles. The lowest BCUT2D eigenvalue weighted by molar-refractivity contribution is 0.0483. The number of likely N-dealkylation sites (N-methyl/N-ethyl adjacent to an activating group) is 1. The van der Waals surface area contributed by atoms with Crippen molar-refractivity contribution in [3.8, 4) is 0 Å². The lowest BCUT2D eigenvalue weighted by Crippen LogP contribution is -2.49. The highest BCUT2D eigenvalue weighted by molar-refractivity contribution is 5.93. The van der Waals surface area contributed by atoms with E-state index in [1.165, 1.54) is 0 Å². The highest BCUT2D eigenvalue weighted by atomic mass is 16.5. The van der Waals surface area contributed by atoms with Gasteiger partial charge in [-0.3, -0.25) is 14.7 Å². The summed E-state index contributed by atoms with van der Waals surface area (Å²) in [5, 5.41) is 3.85. The molecule has 3 heterocycles. The van der Waals surface area contributed by atoms with Crippen LogP contribution < -0.4 is 0 Å². The molecule has 2 aromatic rings. The topological polar surface area (TPSA) is 75.4 Å². The minimum Gasteiger partial charge on any atom is -0.338 e. The molecule has 7 heteroatoms. The van der Waals surface area contributed by atoms with E-state index in [0.717, 1.165) is 18.5 Å². The number of carbonyl (C=O) groups is 1. The molecule has 1 atom stereocenters. The van der Waals surface area contributed by atoms with Crippen molar-refractivity contribution in [2.24, 2.45) is 0 Å². The third kappa shape index (κ3) is 3.10. The SMILES string of the molecule is CCc1cccnc1C(=O)N1CCN(C)C(c2nc(C)no2)C1. The molecule has 0 radical (unpaired) electrons. The maximum absolute atomic E-state index is 12.8. The molecule has 1 unspecified atom stereocenters. The molecule has 0 spiro atoms. The Bertz CT molecular complexity index is 699. The lowest BCUT2D eigenvalue weighted by atomic mass is 10.1. The summed E-state index contributed by atoms with van der Waals surface area (Å²) in [5.41, 5.74) is 1.52. The van der Waals surface area contributed by atoms with E-state index in [0.29, 0.717) is 30.5 Å². The summed E-state index contributed by atoms with van der Waals surface area (Å²) in [4.78, 5) is 25.4. The number of rotatable bonds is 3. The first-order valence-corrected chi connectivity index (χ1v) is 7.83. The zero-order valence-corrected chi connectivity index (χ0v) is 13.7. The van der Waals surface area contributed by atoms with E-state index >= 15 is 0 Å². The average molecular weight is 315 g/mol. The molecule has 0 saturated carbocycles. The van der Waals surface area contributed by atoms with Crippen LogP contribution in [0.2, 0.25) is 0 Å². The summed E-state index contributed by atoms with van der Waals surface area (Å²) in [6.45, 7) is 5.77. The Morgan fingerprint density at radius 3 is 2.96 bits per heavy atom. The Morgan fingerprint density at radius 2 is 2.26 bits per heavy atom. The first kappa shape index (κ1) is 15.6. The van der Waals surface area contributed by atoms with Gasteiger partial charge in [0.15, 0.2) is 5.82 Å². The molecule has 122 valence electrons. The van der Waals surface area contributed by atoms with Crippen LogP contribution in [-0.4, -0.2) is 57.5 Å². The van der Waals surface area contributed by atoms with Gasteiger partial charge in [-0.05, 0) is 32.0 Å². The number of aromatic nitrogens is 3. The summed E-state index contributed by atoms with van der Waals surface area (Å²) in [7, 11) is 2.00. The number of amides is 1. The number of hydrogen-bond acceptors (Lipinski definition) is 6. The molecule has 1 fully saturated rings. The Hall–Kier alpha value is -2.28. The molecule has 2 aromatic heterocycles. The van der Waals surface area contributed by atoms with E-state index in [1.54, 1.807) is 13.1 Å². The number of pyridine rings is 1. The van der Waals surface area contributed by atoms with Crippen LogP contribution in [0.15, 0.2) is 22.9 Å². The number of piperazine rings is 1. The van der Waals surface area contributed by atoms with Crippen LogP contribution in [0.3, 0.4) is 0 Å². The van der Waals surface area contributed by atoms with Crippen LogP contribution in [0.5, 0.6) is 0 Å². The van der Waals surface area contributed by atoms with Crippen molar-refractivity contribution in [2.75, 3.05) is 26.7 Å². The van der Waals surface area contributed by atoms with E-state index in [4.69, 9.17) is 4.52 Å². The van der Waals surface area contributed by atoms with Gasteiger partial charge >= 0.3 is 0 Å². The number of carbonyl (C=O) groups excluding carboxylic acids is 1. The molecule has 23 heavy (non-hydrogen) atoms. The molecule has 1 saturated heterocycles. The smallest absolute Gasteiger partial charge is 0.272 e. The minimum atomic E-state index is -0.0808. The van der Waals surface area contributed by atoms with Crippen molar-refractivity contribution in [1.82, 2.24) is 24.9 Å². The summed E-state index contributed by atoms with van der Waals surface area (Å²) in [6.07, 6.45) is 2.45. The third-order valence-corrected chi connectivity index (χ3v) is 4.24. The second-order valence-corrected chi connectivity index (χ2v) is 5.79. The maximum Gasteiger partial charge on any atom is 0.272 e. The van der Waals surface area contributed by atoms with E-state index in [2.05, 4.69) is 20.0 Å². The normalized spacial score (nSPS) is 19.1. The number of hydrogen-bond donors (Lipinski definition) is 0. The minimum absolute atomic E-state index is 0.0308. The molecule has 1 amide bonds. The summed E-state index contributed by atoms with van der Waals surface area (Å²) in [6, 6.07) is 3.74. The largest absolute Gasteiger partial charge is 0.338 e. The lowest BCUT2D eigenvalue weighted by Gasteiger charge is -2.37. The summed E-state index contributed by atoms with van der Waals surface area (Å²) < 4.78 is 5.30. The van der Waals surface area contributed by atoms with Crippen molar-refractivity contribution < 1.29 is 9.32 Å². The fourth-order valence-electron chi connectivity index (χ4n) is 2.84. The van der Waals surface area contributed by atoms with Crippen LogP contribution in [0, 0.1) is 6.92 Å². The average Bonchev–Trinajstić information content (AvgIpc) is 3.01. The quantitative estimate of drug-likeness (QED) is 0.853. The van der Waals surface area contributed by atoms with Crippen molar-refractivity contribution in [2.45, 2.75) is 26.3 Å². The van der Waals surface area contributed by atoms with E-state index in [9.17, 15) is 4.79 Å². The standard InChI is InChI=1S/C16H21N5O2/c1-4-12-6-5-7-17-14(12)16(22)21-9-8-20(3)13(10-21)15-18-11(2)19-23-15/h5-7,13H,4,8-10H2,1-3H3. The maximum atomic E-state index is 12.8. The van der Waals surface area contributed by atoms with Gasteiger partial charge in [0.2, 0.25) is 5.89 Å².